The van der Waals surface area contributed by atoms with Crippen LogP contribution in [-0.2, 0) is 5.54 Å². The van der Waals surface area contributed by atoms with Crippen LogP contribution in [0.1, 0.15) is 30.9 Å². The highest BCUT2D eigenvalue weighted by molar-refractivity contribution is 5.43. The highest BCUT2D eigenvalue weighted by atomic mass is 14.8. The van der Waals surface area contributed by atoms with Gasteiger partial charge in [0.2, 0.25) is 0 Å². The molecule has 0 spiro atoms. The first kappa shape index (κ1) is 12.1. The van der Waals surface area contributed by atoms with E-state index in [0.717, 1.165) is 5.56 Å². The van der Waals surface area contributed by atoms with E-state index in [-0.39, 0.29) is 6.04 Å². The molecule has 0 aromatic heterocycles. The number of hydrogen-bond acceptors (Lipinski definition) is 2. The van der Waals surface area contributed by atoms with Crippen molar-refractivity contribution in [2.75, 3.05) is 0 Å². The van der Waals surface area contributed by atoms with Crippen LogP contribution in [0.4, 0.5) is 0 Å². The lowest BCUT2D eigenvalue weighted by atomic mass is 9.77. The Morgan fingerprint density at radius 1 is 1.18 bits per heavy atom. The van der Waals surface area contributed by atoms with E-state index < -0.39 is 5.54 Å². The van der Waals surface area contributed by atoms with Crippen LogP contribution in [0.3, 0.4) is 0 Å². The molecule has 1 aliphatic rings. The fraction of sp³-hybridized carbons (Fsp3) is 0.333. The van der Waals surface area contributed by atoms with E-state index in [1.165, 1.54) is 5.56 Å². The van der Waals surface area contributed by atoms with Crippen molar-refractivity contribution >= 4 is 0 Å². The number of benzene rings is 1. The summed E-state index contributed by atoms with van der Waals surface area (Å²) in [4.78, 5) is 0. The predicted octanol–water partition coefficient (Wildman–Crippen LogP) is 2.42. The second-order valence-electron chi connectivity index (χ2n) is 4.94. The second kappa shape index (κ2) is 4.47. The number of nitrogens with two attached hydrogens (primary N) is 2. The Bertz CT molecular complexity index is 460. The van der Waals surface area contributed by atoms with Crippen molar-refractivity contribution in [2.45, 2.75) is 31.3 Å². The van der Waals surface area contributed by atoms with Gasteiger partial charge in [-0.25, -0.2) is 0 Å². The normalized spacial score (nSPS) is 27.7. The zero-order valence-corrected chi connectivity index (χ0v) is 10.4. The van der Waals surface area contributed by atoms with E-state index in [2.05, 4.69) is 32.0 Å². The number of rotatable bonds is 2. The first-order valence-corrected chi connectivity index (χ1v) is 6.05. The highest BCUT2D eigenvalue weighted by Crippen LogP contribution is 2.32. The number of allylic oxidation sites excluding steroid dienone is 2. The van der Waals surface area contributed by atoms with Crippen molar-refractivity contribution in [3.63, 3.8) is 0 Å². The van der Waals surface area contributed by atoms with Crippen LogP contribution in [0.15, 0.2) is 48.6 Å². The SMILES string of the molecule is CC(C)c1ccccc1C1(N)C=CC=CC1N. The Kier molecular flexibility index (Phi) is 3.18. The summed E-state index contributed by atoms with van der Waals surface area (Å²) in [6.45, 7) is 4.35. The maximum Gasteiger partial charge on any atom is 0.0791 e. The van der Waals surface area contributed by atoms with Gasteiger partial charge in [-0.1, -0.05) is 62.4 Å². The minimum absolute atomic E-state index is 0.174. The molecule has 0 saturated heterocycles. The molecule has 0 aliphatic heterocycles. The van der Waals surface area contributed by atoms with Crippen LogP contribution in [0.2, 0.25) is 0 Å². The van der Waals surface area contributed by atoms with Crippen LogP contribution in [-0.4, -0.2) is 6.04 Å². The molecule has 0 bridgehead atoms. The molecule has 2 nitrogen and oxygen atoms in total. The lowest BCUT2D eigenvalue weighted by molar-refractivity contribution is 0.485. The Morgan fingerprint density at radius 2 is 1.88 bits per heavy atom. The maximum absolute atomic E-state index is 6.50. The molecule has 2 unspecified atom stereocenters. The highest BCUT2D eigenvalue weighted by Gasteiger charge is 2.33. The summed E-state index contributed by atoms with van der Waals surface area (Å²) in [6.07, 6.45) is 7.88. The molecule has 2 rings (SSSR count). The molecule has 1 aromatic rings. The van der Waals surface area contributed by atoms with Crippen LogP contribution >= 0.6 is 0 Å². The molecule has 0 heterocycles. The van der Waals surface area contributed by atoms with Gasteiger partial charge in [-0.05, 0) is 17.0 Å². The van der Waals surface area contributed by atoms with Crippen LogP contribution < -0.4 is 11.5 Å². The summed E-state index contributed by atoms with van der Waals surface area (Å²) in [5, 5.41) is 0. The topological polar surface area (TPSA) is 52.0 Å². The smallest absolute Gasteiger partial charge is 0.0791 e. The molecule has 0 fully saturated rings. The molecule has 4 N–H and O–H groups in total. The Morgan fingerprint density at radius 3 is 2.53 bits per heavy atom. The summed E-state index contributed by atoms with van der Waals surface area (Å²) in [7, 11) is 0. The second-order valence-corrected chi connectivity index (χ2v) is 4.94. The van der Waals surface area contributed by atoms with E-state index in [9.17, 15) is 0 Å². The minimum Gasteiger partial charge on any atom is -0.322 e. The molecule has 2 heteroatoms. The third-order valence-electron chi connectivity index (χ3n) is 3.40. The van der Waals surface area contributed by atoms with Crippen molar-refractivity contribution in [2.24, 2.45) is 11.5 Å². The van der Waals surface area contributed by atoms with Gasteiger partial charge in [-0.15, -0.1) is 0 Å². The summed E-state index contributed by atoms with van der Waals surface area (Å²) in [6, 6.07) is 8.11. The summed E-state index contributed by atoms with van der Waals surface area (Å²) in [5.41, 5.74) is 14.5. The van der Waals surface area contributed by atoms with Gasteiger partial charge in [0.15, 0.2) is 0 Å². The van der Waals surface area contributed by atoms with Crippen LogP contribution in [0.25, 0.3) is 0 Å². The summed E-state index contributed by atoms with van der Waals surface area (Å²) < 4.78 is 0. The van der Waals surface area contributed by atoms with E-state index in [0.29, 0.717) is 5.92 Å². The molecular formula is C15H20N2. The quantitative estimate of drug-likeness (QED) is 0.816. The molecule has 0 radical (unpaired) electrons. The largest absolute Gasteiger partial charge is 0.322 e. The third-order valence-corrected chi connectivity index (χ3v) is 3.40. The van der Waals surface area contributed by atoms with Gasteiger partial charge in [0.25, 0.3) is 0 Å². The van der Waals surface area contributed by atoms with Crippen molar-refractivity contribution in [3.05, 3.63) is 59.7 Å². The molecule has 0 amide bonds. The van der Waals surface area contributed by atoms with Crippen LogP contribution in [0.5, 0.6) is 0 Å². The van der Waals surface area contributed by atoms with E-state index >= 15 is 0 Å². The molecule has 1 aliphatic carbocycles. The van der Waals surface area contributed by atoms with Crippen molar-refractivity contribution < 1.29 is 0 Å². The zero-order chi connectivity index (χ0) is 12.5. The molecule has 0 saturated carbocycles. The molecule has 2 atom stereocenters. The van der Waals surface area contributed by atoms with Crippen molar-refractivity contribution in [3.8, 4) is 0 Å². The van der Waals surface area contributed by atoms with Crippen molar-refractivity contribution in [1.29, 1.82) is 0 Å². The van der Waals surface area contributed by atoms with E-state index in [4.69, 9.17) is 11.5 Å². The van der Waals surface area contributed by atoms with Gasteiger partial charge in [0, 0.05) is 6.04 Å². The zero-order valence-electron chi connectivity index (χ0n) is 10.4. The standard InChI is InChI=1S/C15H20N2/c1-11(2)12-7-3-4-8-13(12)15(17)10-6-5-9-14(15)16/h3-11,14H,16-17H2,1-2H3. The first-order valence-electron chi connectivity index (χ1n) is 6.05. The van der Waals surface area contributed by atoms with E-state index in [1.54, 1.807) is 0 Å². The van der Waals surface area contributed by atoms with Gasteiger partial charge in [0.05, 0.1) is 5.54 Å². The Labute approximate surface area is 103 Å². The monoisotopic (exact) mass is 228 g/mol. The van der Waals surface area contributed by atoms with Crippen LogP contribution in [0, 0.1) is 0 Å². The number of hydrogen-bond donors (Lipinski definition) is 2. The summed E-state index contributed by atoms with van der Waals surface area (Å²) in [5.74, 6) is 0.443. The average molecular weight is 228 g/mol. The van der Waals surface area contributed by atoms with Crippen molar-refractivity contribution in [1.82, 2.24) is 0 Å². The lowest BCUT2D eigenvalue weighted by Crippen LogP contribution is -2.51. The van der Waals surface area contributed by atoms with E-state index in [1.807, 2.05) is 30.4 Å². The molecular weight excluding hydrogens is 208 g/mol. The molecule has 90 valence electrons. The third kappa shape index (κ3) is 2.06. The average Bonchev–Trinajstić information content (AvgIpc) is 2.33. The van der Waals surface area contributed by atoms with Gasteiger partial charge in [0.1, 0.15) is 0 Å². The Balaban J connectivity index is 2.53. The van der Waals surface area contributed by atoms with Gasteiger partial charge in [-0.2, -0.15) is 0 Å². The fourth-order valence-electron chi connectivity index (χ4n) is 2.33. The maximum atomic E-state index is 6.50. The van der Waals surface area contributed by atoms with Gasteiger partial charge >= 0.3 is 0 Å². The fourth-order valence-corrected chi connectivity index (χ4v) is 2.33. The molecule has 1 aromatic carbocycles. The van der Waals surface area contributed by atoms with Gasteiger partial charge in [-0.3, -0.25) is 0 Å². The predicted molar refractivity (Wildman–Crippen MR) is 72.7 cm³/mol. The molecule has 17 heavy (non-hydrogen) atoms. The lowest BCUT2D eigenvalue weighted by Gasteiger charge is -2.35. The first-order chi connectivity index (χ1) is 8.05. The van der Waals surface area contributed by atoms with Gasteiger partial charge < -0.3 is 11.5 Å². The summed E-state index contributed by atoms with van der Waals surface area (Å²) >= 11 is 0. The minimum atomic E-state index is -0.588. The Hall–Kier alpha value is -1.38.